The van der Waals surface area contributed by atoms with Crippen molar-refractivity contribution in [1.29, 1.82) is 0 Å². The molecule has 18 heavy (non-hydrogen) atoms. The summed E-state index contributed by atoms with van der Waals surface area (Å²) in [4.78, 5) is 0. The quantitative estimate of drug-likeness (QED) is 0.554. The largest absolute Gasteiger partial charge is 0.252 e. The summed E-state index contributed by atoms with van der Waals surface area (Å²) in [6.07, 6.45) is 15.5. The van der Waals surface area contributed by atoms with Crippen molar-refractivity contribution in [3.8, 4) is 12.8 Å². The van der Waals surface area contributed by atoms with Crippen LogP contribution in [0.25, 0.3) is 6.08 Å². The number of hydrogen-bond donors (Lipinski definition) is 0. The van der Waals surface area contributed by atoms with Crippen molar-refractivity contribution in [3.63, 3.8) is 0 Å². The zero-order valence-electron chi connectivity index (χ0n) is 10.0. The molecule has 0 fully saturated rings. The smallest absolute Gasteiger partial charge is 0.0653 e. The van der Waals surface area contributed by atoms with E-state index in [1.54, 1.807) is 16.6 Å². The fraction of sp³-hybridized carbons (Fsp3) is 0. The van der Waals surface area contributed by atoms with Crippen molar-refractivity contribution >= 4 is 23.5 Å². The van der Waals surface area contributed by atoms with Gasteiger partial charge < -0.3 is 0 Å². The second-order valence-corrected chi connectivity index (χ2v) is 3.76. The Kier molecular flexibility index (Phi) is 5.05. The van der Waals surface area contributed by atoms with Gasteiger partial charge in [0.05, 0.1) is 11.4 Å². The van der Waals surface area contributed by atoms with Crippen LogP contribution in [0.1, 0.15) is 5.56 Å². The summed E-state index contributed by atoms with van der Waals surface area (Å²) in [5.41, 5.74) is 3.83. The van der Waals surface area contributed by atoms with Gasteiger partial charge in [-0.25, -0.2) is 0 Å². The molecular formula is C16H14ClN. The Morgan fingerprint density at radius 1 is 1.06 bits per heavy atom. The number of hydrogen-bond acceptors (Lipinski definition) is 1. The minimum atomic E-state index is 0.845. The van der Waals surface area contributed by atoms with Gasteiger partial charge in [-0.15, -0.1) is 12.8 Å². The van der Waals surface area contributed by atoms with E-state index in [4.69, 9.17) is 11.8 Å². The number of anilines is 1. The molecule has 1 heterocycles. The highest BCUT2D eigenvalue weighted by Crippen LogP contribution is 2.32. The Morgan fingerprint density at radius 2 is 1.72 bits per heavy atom. The summed E-state index contributed by atoms with van der Waals surface area (Å²) in [6.45, 7) is 7.56. The lowest BCUT2D eigenvalue weighted by atomic mass is 10.1. The fourth-order valence-corrected chi connectivity index (χ4v) is 2.01. The number of fused-ring (bicyclic) bond motifs is 1. The minimum absolute atomic E-state index is 0.845. The number of rotatable bonds is 2. The van der Waals surface area contributed by atoms with Crippen LogP contribution >= 0.6 is 11.8 Å². The predicted octanol–water partition coefficient (Wildman–Crippen LogP) is 4.55. The lowest BCUT2D eigenvalue weighted by Crippen LogP contribution is -2.09. The second-order valence-electron chi connectivity index (χ2n) is 3.42. The van der Waals surface area contributed by atoms with Gasteiger partial charge in [0.2, 0.25) is 0 Å². The lowest BCUT2D eigenvalue weighted by Gasteiger charge is -2.18. The zero-order chi connectivity index (χ0) is 13.5. The molecule has 0 spiro atoms. The van der Waals surface area contributed by atoms with Crippen molar-refractivity contribution in [2.45, 2.75) is 0 Å². The van der Waals surface area contributed by atoms with E-state index in [-0.39, 0.29) is 0 Å². The Bertz CT molecular complexity index is 535. The molecule has 1 aliphatic heterocycles. The Balaban J connectivity index is 0.000000771. The first-order valence-electron chi connectivity index (χ1n) is 5.33. The van der Waals surface area contributed by atoms with E-state index in [2.05, 4.69) is 26.0 Å². The van der Waals surface area contributed by atoms with Gasteiger partial charge in [-0.2, -0.15) is 0 Å². The molecule has 2 heteroatoms. The van der Waals surface area contributed by atoms with Crippen molar-refractivity contribution in [3.05, 3.63) is 72.5 Å². The first-order chi connectivity index (χ1) is 8.77. The Hall–Kier alpha value is -2.17. The number of terminal acetylenes is 1. The van der Waals surface area contributed by atoms with E-state index in [9.17, 15) is 0 Å². The molecule has 2 rings (SSSR count). The average Bonchev–Trinajstić information content (AvgIpc) is 2.58. The minimum Gasteiger partial charge on any atom is -0.252 e. The number of para-hydroxylation sites is 1. The third-order valence-electron chi connectivity index (χ3n) is 2.51. The highest BCUT2D eigenvalue weighted by Gasteiger charge is 2.14. The van der Waals surface area contributed by atoms with E-state index in [0.717, 1.165) is 22.5 Å². The van der Waals surface area contributed by atoms with Gasteiger partial charge >= 0.3 is 0 Å². The third kappa shape index (κ3) is 2.56. The Labute approximate surface area is 113 Å². The van der Waals surface area contributed by atoms with Crippen LogP contribution in [0.5, 0.6) is 0 Å². The maximum absolute atomic E-state index is 6.31. The number of nitrogens with zero attached hydrogens (tertiary/aromatic N) is 1. The molecule has 0 unspecified atom stereocenters. The van der Waals surface area contributed by atoms with E-state index in [1.165, 1.54) is 0 Å². The van der Waals surface area contributed by atoms with Crippen LogP contribution in [-0.2, 0) is 0 Å². The summed E-state index contributed by atoms with van der Waals surface area (Å²) in [5, 5.41) is 0. The summed E-state index contributed by atoms with van der Waals surface area (Å²) in [7, 11) is 0. The van der Waals surface area contributed by atoms with E-state index in [0.29, 0.717) is 0 Å². The van der Waals surface area contributed by atoms with Crippen LogP contribution in [0, 0.1) is 12.8 Å². The molecular weight excluding hydrogens is 242 g/mol. The predicted molar refractivity (Wildman–Crippen MR) is 81.1 cm³/mol. The molecule has 0 amide bonds. The number of halogens is 1. The molecule has 1 aromatic carbocycles. The highest BCUT2D eigenvalue weighted by molar-refractivity contribution is 6.28. The first kappa shape index (κ1) is 13.9. The SMILES string of the molecule is C#C.C=CC1=C(C=C)N(Cl)c2ccccc2C=C1. The summed E-state index contributed by atoms with van der Waals surface area (Å²) in [5.74, 6) is 0. The average molecular weight is 256 g/mol. The summed E-state index contributed by atoms with van der Waals surface area (Å²) >= 11 is 6.31. The standard InChI is InChI=1S/C14H12ClN.C2H2/c1-3-11-9-10-12-7-5-6-8-14(12)16(15)13(11)4-2;1-2/h3-10H,1-2H2;1-2H. The van der Waals surface area contributed by atoms with Gasteiger partial charge in [0.25, 0.3) is 0 Å². The zero-order valence-corrected chi connectivity index (χ0v) is 10.8. The molecule has 0 radical (unpaired) electrons. The van der Waals surface area contributed by atoms with Gasteiger partial charge in [-0.05, 0) is 23.3 Å². The van der Waals surface area contributed by atoms with Crippen molar-refractivity contribution in [1.82, 2.24) is 0 Å². The van der Waals surface area contributed by atoms with Gasteiger partial charge in [0.1, 0.15) is 0 Å². The Morgan fingerprint density at radius 3 is 2.33 bits per heavy atom. The van der Waals surface area contributed by atoms with Crippen molar-refractivity contribution in [2.24, 2.45) is 0 Å². The highest BCUT2D eigenvalue weighted by atomic mass is 35.5. The van der Waals surface area contributed by atoms with Crippen LogP contribution in [0.3, 0.4) is 0 Å². The van der Waals surface area contributed by atoms with Crippen molar-refractivity contribution in [2.75, 3.05) is 4.42 Å². The van der Waals surface area contributed by atoms with Crippen LogP contribution in [0.2, 0.25) is 0 Å². The fourth-order valence-electron chi connectivity index (χ4n) is 1.69. The summed E-state index contributed by atoms with van der Waals surface area (Å²) in [6, 6.07) is 7.94. The van der Waals surface area contributed by atoms with E-state index < -0.39 is 0 Å². The maximum Gasteiger partial charge on any atom is 0.0653 e. The molecule has 0 saturated heterocycles. The van der Waals surface area contributed by atoms with Crippen LogP contribution in [0.4, 0.5) is 5.69 Å². The van der Waals surface area contributed by atoms with Crippen LogP contribution in [-0.4, -0.2) is 0 Å². The third-order valence-corrected chi connectivity index (χ3v) is 2.88. The monoisotopic (exact) mass is 255 g/mol. The number of benzene rings is 1. The first-order valence-corrected chi connectivity index (χ1v) is 5.67. The van der Waals surface area contributed by atoms with Gasteiger partial charge in [0.15, 0.2) is 0 Å². The summed E-state index contributed by atoms with van der Waals surface area (Å²) < 4.78 is 1.61. The molecule has 0 atom stereocenters. The molecule has 90 valence electrons. The molecule has 1 aliphatic rings. The topological polar surface area (TPSA) is 3.24 Å². The molecule has 0 bridgehead atoms. The van der Waals surface area contributed by atoms with Crippen LogP contribution < -0.4 is 4.42 Å². The van der Waals surface area contributed by atoms with Crippen LogP contribution in [0.15, 0.2) is 66.9 Å². The molecule has 0 aliphatic carbocycles. The molecule has 0 saturated carbocycles. The molecule has 0 aromatic heterocycles. The van der Waals surface area contributed by atoms with Crippen molar-refractivity contribution < 1.29 is 0 Å². The van der Waals surface area contributed by atoms with E-state index in [1.807, 2.05) is 36.4 Å². The van der Waals surface area contributed by atoms with Gasteiger partial charge in [-0.1, -0.05) is 49.6 Å². The van der Waals surface area contributed by atoms with Gasteiger partial charge in [0, 0.05) is 11.8 Å². The molecule has 0 N–H and O–H groups in total. The molecule has 1 nitrogen and oxygen atoms in total. The molecule has 1 aromatic rings. The lowest BCUT2D eigenvalue weighted by molar-refractivity contribution is 1.31. The second kappa shape index (κ2) is 6.54. The normalized spacial score (nSPS) is 12.9. The van der Waals surface area contributed by atoms with E-state index >= 15 is 0 Å². The number of allylic oxidation sites excluding steroid dienone is 4. The van der Waals surface area contributed by atoms with Gasteiger partial charge in [-0.3, -0.25) is 4.42 Å². The maximum atomic E-state index is 6.31.